The zero-order valence-electron chi connectivity index (χ0n) is 13.9. The van der Waals surface area contributed by atoms with Crippen LogP contribution < -0.4 is 10.0 Å². The van der Waals surface area contributed by atoms with E-state index < -0.39 is 22.0 Å². The summed E-state index contributed by atoms with van der Waals surface area (Å²) in [6.45, 7) is 4.68. The number of aromatic carboxylic acids is 1. The van der Waals surface area contributed by atoms with Gasteiger partial charge in [-0.05, 0) is 44.0 Å². The van der Waals surface area contributed by atoms with Gasteiger partial charge < -0.3 is 10.4 Å². The maximum Gasteiger partial charge on any atom is 0.338 e. The molecule has 0 amide bonds. The summed E-state index contributed by atoms with van der Waals surface area (Å²) in [5.41, 5.74) is 2.01. The molecule has 2 aromatic heterocycles. The lowest BCUT2D eigenvalue weighted by molar-refractivity contribution is 0.0692. The molecule has 0 spiro atoms. The van der Waals surface area contributed by atoms with Crippen LogP contribution in [0.2, 0.25) is 0 Å². The van der Waals surface area contributed by atoms with Crippen molar-refractivity contribution in [3.63, 3.8) is 0 Å². The molecule has 0 fully saturated rings. The van der Waals surface area contributed by atoms with E-state index >= 15 is 0 Å². The third kappa shape index (κ3) is 3.45. The molecule has 7 nitrogen and oxygen atoms in total. The maximum absolute atomic E-state index is 12.9. The number of nitrogens with zero attached hydrogens (tertiary/aromatic N) is 1. The first-order valence-electron chi connectivity index (χ1n) is 7.83. The van der Waals surface area contributed by atoms with Crippen molar-refractivity contribution in [3.05, 3.63) is 45.6 Å². The highest BCUT2D eigenvalue weighted by Crippen LogP contribution is 2.35. The fourth-order valence-corrected chi connectivity index (χ4v) is 6.09. The molecule has 3 heterocycles. The number of aromatic nitrogens is 1. The molecule has 0 saturated heterocycles. The van der Waals surface area contributed by atoms with Gasteiger partial charge in [0.1, 0.15) is 4.21 Å². The van der Waals surface area contributed by atoms with E-state index in [1.807, 2.05) is 13.0 Å². The fourth-order valence-electron chi connectivity index (χ4n) is 3.01. The number of nitrogens with one attached hydrogen (secondary N) is 2. The third-order valence-corrected chi connectivity index (χ3v) is 7.44. The average molecular weight is 381 g/mol. The number of carboxylic acids is 1. The molecule has 3 rings (SSSR count). The zero-order chi connectivity index (χ0) is 18.2. The molecule has 9 heteroatoms. The Labute approximate surface area is 150 Å². The summed E-state index contributed by atoms with van der Waals surface area (Å²) in [6, 6.07) is 3.07. The van der Waals surface area contributed by atoms with Crippen molar-refractivity contribution in [1.82, 2.24) is 15.0 Å². The molecule has 3 N–H and O–H groups in total. The van der Waals surface area contributed by atoms with Crippen molar-refractivity contribution in [2.24, 2.45) is 0 Å². The molecule has 25 heavy (non-hydrogen) atoms. The minimum atomic E-state index is -3.97. The molecule has 0 unspecified atom stereocenters. The number of carbonyl (C=O) groups is 1. The second-order valence-electron chi connectivity index (χ2n) is 5.95. The van der Waals surface area contributed by atoms with Crippen LogP contribution in [-0.4, -0.2) is 31.0 Å². The van der Waals surface area contributed by atoms with Gasteiger partial charge in [0.2, 0.25) is 0 Å². The first kappa shape index (κ1) is 18.0. The van der Waals surface area contributed by atoms with Crippen LogP contribution >= 0.6 is 11.3 Å². The number of pyridine rings is 1. The second-order valence-corrected chi connectivity index (χ2v) is 8.96. The van der Waals surface area contributed by atoms with Crippen LogP contribution in [0.5, 0.6) is 0 Å². The minimum Gasteiger partial charge on any atom is -0.478 e. The fraction of sp³-hybridized carbons (Fsp3) is 0.375. The summed E-state index contributed by atoms with van der Waals surface area (Å²) >= 11 is 1.02. The SMILES string of the molecule is Cc1cccnc1[C@H](C)NS(=O)(=O)c1sc2c(c1C(=O)O)CCNC2. The van der Waals surface area contributed by atoms with E-state index in [1.165, 1.54) is 0 Å². The van der Waals surface area contributed by atoms with Crippen LogP contribution in [0.1, 0.15) is 45.0 Å². The highest BCUT2D eigenvalue weighted by molar-refractivity contribution is 7.91. The molecule has 2 aromatic rings. The summed E-state index contributed by atoms with van der Waals surface area (Å²) < 4.78 is 28.2. The van der Waals surface area contributed by atoms with E-state index in [4.69, 9.17) is 0 Å². The van der Waals surface area contributed by atoms with Crippen LogP contribution in [0.4, 0.5) is 0 Å². The normalized spacial score (nSPS) is 15.6. The Kier molecular flexibility index (Phi) is 4.92. The number of sulfonamides is 1. The van der Waals surface area contributed by atoms with E-state index in [2.05, 4.69) is 15.0 Å². The monoisotopic (exact) mass is 381 g/mol. The average Bonchev–Trinajstić information content (AvgIpc) is 2.95. The van der Waals surface area contributed by atoms with E-state index in [9.17, 15) is 18.3 Å². The molecular weight excluding hydrogens is 362 g/mol. The lowest BCUT2D eigenvalue weighted by Crippen LogP contribution is -2.28. The van der Waals surface area contributed by atoms with Crippen molar-refractivity contribution in [2.45, 2.75) is 37.1 Å². The Hall–Kier alpha value is -1.81. The predicted octanol–water partition coefficient (Wildman–Crippen LogP) is 1.83. The molecule has 0 saturated carbocycles. The largest absolute Gasteiger partial charge is 0.478 e. The highest BCUT2D eigenvalue weighted by atomic mass is 32.2. The molecule has 0 aromatic carbocycles. The first-order valence-corrected chi connectivity index (χ1v) is 10.1. The number of aryl methyl sites for hydroxylation is 1. The topological polar surface area (TPSA) is 108 Å². The predicted molar refractivity (Wildman–Crippen MR) is 94.4 cm³/mol. The van der Waals surface area contributed by atoms with Gasteiger partial charge in [-0.1, -0.05) is 6.07 Å². The van der Waals surface area contributed by atoms with E-state index in [0.29, 0.717) is 30.8 Å². The summed E-state index contributed by atoms with van der Waals surface area (Å²) in [4.78, 5) is 16.7. The summed E-state index contributed by atoms with van der Waals surface area (Å²) in [5.74, 6) is -1.21. The van der Waals surface area contributed by atoms with Crippen molar-refractivity contribution in [3.8, 4) is 0 Å². The lowest BCUT2D eigenvalue weighted by Gasteiger charge is -2.15. The van der Waals surface area contributed by atoms with Gasteiger partial charge in [-0.3, -0.25) is 4.98 Å². The maximum atomic E-state index is 12.9. The zero-order valence-corrected chi connectivity index (χ0v) is 15.5. The standard InChI is InChI=1S/C16H19N3O4S2/c1-9-4-3-6-18-14(9)10(2)19-25(22,23)16-13(15(20)21)11-5-7-17-8-12(11)24-16/h3-4,6,10,17,19H,5,7-8H2,1-2H3,(H,20,21)/t10-/m0/s1. The smallest absolute Gasteiger partial charge is 0.338 e. The van der Waals surface area contributed by atoms with Gasteiger partial charge in [0.25, 0.3) is 10.0 Å². The molecule has 1 atom stereocenters. The number of thiophene rings is 1. The summed E-state index contributed by atoms with van der Waals surface area (Å²) in [6.07, 6.45) is 2.11. The molecular formula is C16H19N3O4S2. The van der Waals surface area contributed by atoms with Crippen molar-refractivity contribution in [2.75, 3.05) is 6.54 Å². The molecule has 1 aliphatic rings. The highest BCUT2D eigenvalue weighted by Gasteiger charge is 2.33. The quantitative estimate of drug-likeness (QED) is 0.729. The Balaban J connectivity index is 1.99. The van der Waals surface area contributed by atoms with Crippen LogP contribution in [0, 0.1) is 6.92 Å². The summed E-state index contributed by atoms with van der Waals surface area (Å²) in [5, 5.41) is 12.7. The van der Waals surface area contributed by atoms with Crippen LogP contribution in [0.3, 0.4) is 0 Å². The Morgan fingerprint density at radius 2 is 2.24 bits per heavy atom. The van der Waals surface area contributed by atoms with Crippen molar-refractivity contribution < 1.29 is 18.3 Å². The Morgan fingerprint density at radius 3 is 2.92 bits per heavy atom. The van der Waals surface area contributed by atoms with E-state index in [0.717, 1.165) is 21.8 Å². The number of hydrogen-bond acceptors (Lipinski definition) is 6. The Morgan fingerprint density at radius 1 is 1.48 bits per heavy atom. The Bertz CT molecular complexity index is 921. The number of carboxylic acid groups (broad SMARTS) is 1. The number of rotatable bonds is 5. The van der Waals surface area contributed by atoms with Crippen molar-refractivity contribution in [1.29, 1.82) is 0 Å². The molecule has 1 aliphatic heterocycles. The molecule has 134 valence electrons. The third-order valence-electron chi connectivity index (χ3n) is 4.15. The van der Waals surface area contributed by atoms with Gasteiger partial charge in [-0.2, -0.15) is 0 Å². The van der Waals surface area contributed by atoms with Crippen LogP contribution in [0.15, 0.2) is 22.5 Å². The first-order chi connectivity index (χ1) is 11.8. The van der Waals surface area contributed by atoms with Crippen LogP contribution in [-0.2, 0) is 23.0 Å². The summed E-state index contributed by atoms with van der Waals surface area (Å²) in [7, 11) is -3.97. The van der Waals surface area contributed by atoms with E-state index in [-0.39, 0.29) is 9.77 Å². The van der Waals surface area contributed by atoms with Gasteiger partial charge in [0.15, 0.2) is 0 Å². The minimum absolute atomic E-state index is 0.0982. The van der Waals surface area contributed by atoms with Gasteiger partial charge >= 0.3 is 5.97 Å². The van der Waals surface area contributed by atoms with Crippen molar-refractivity contribution >= 4 is 27.3 Å². The second kappa shape index (κ2) is 6.83. The van der Waals surface area contributed by atoms with E-state index in [1.54, 1.807) is 19.2 Å². The number of fused-ring (bicyclic) bond motifs is 1. The van der Waals surface area contributed by atoms with Gasteiger partial charge in [-0.25, -0.2) is 17.9 Å². The van der Waals surface area contributed by atoms with Gasteiger partial charge in [0.05, 0.1) is 17.3 Å². The number of hydrogen-bond donors (Lipinski definition) is 3. The van der Waals surface area contributed by atoms with Gasteiger partial charge in [-0.15, -0.1) is 11.3 Å². The van der Waals surface area contributed by atoms with Crippen LogP contribution in [0.25, 0.3) is 0 Å². The lowest BCUT2D eigenvalue weighted by atomic mass is 10.1. The molecule has 0 bridgehead atoms. The van der Waals surface area contributed by atoms with Gasteiger partial charge in [0, 0.05) is 17.6 Å². The molecule has 0 aliphatic carbocycles. The molecule has 0 radical (unpaired) electrons.